The van der Waals surface area contributed by atoms with E-state index in [1.165, 1.54) is 37.4 Å². The van der Waals surface area contributed by atoms with Gasteiger partial charge in [-0.1, -0.05) is 98.8 Å². The maximum absolute atomic E-state index is 12.1. The van der Waals surface area contributed by atoms with Crippen molar-refractivity contribution in [2.75, 3.05) is 19.0 Å². The number of benzene rings is 1. The Hall–Kier alpha value is -1.14. The molecule has 0 saturated carbocycles. The Bertz CT molecular complexity index is 751. The predicted molar refractivity (Wildman–Crippen MR) is 162 cm³/mol. The molecule has 212 valence electrons. The fraction of sp³-hybridized carbons (Fsp3) is 0.774. The van der Waals surface area contributed by atoms with Gasteiger partial charge in [-0.3, -0.25) is 4.79 Å². The molecule has 0 N–H and O–H groups in total. The van der Waals surface area contributed by atoms with E-state index in [0.29, 0.717) is 40.4 Å². The lowest BCUT2D eigenvalue weighted by atomic mass is 9.92. The molecule has 0 amide bonds. The van der Waals surface area contributed by atoms with Crippen molar-refractivity contribution in [3.8, 4) is 17.2 Å². The van der Waals surface area contributed by atoms with Crippen LogP contribution < -0.4 is 13.9 Å². The van der Waals surface area contributed by atoms with Crippen LogP contribution in [0.3, 0.4) is 0 Å². The van der Waals surface area contributed by atoms with Crippen LogP contribution in [-0.2, 0) is 4.79 Å². The highest BCUT2D eigenvalue weighted by Crippen LogP contribution is 2.46. The van der Waals surface area contributed by atoms with Gasteiger partial charge in [-0.05, 0) is 43.6 Å². The number of hydrogen-bond donors (Lipinski definition) is 0. The van der Waals surface area contributed by atoms with Crippen molar-refractivity contribution < 1.29 is 18.7 Å². The van der Waals surface area contributed by atoms with Crippen molar-refractivity contribution in [1.29, 1.82) is 0 Å². The third-order valence-electron chi connectivity index (χ3n) is 6.29. The van der Waals surface area contributed by atoms with E-state index in [2.05, 4.69) is 54.5 Å². The summed E-state index contributed by atoms with van der Waals surface area (Å²) in [6.45, 7) is 16.9. The van der Waals surface area contributed by atoms with Crippen LogP contribution in [0.2, 0.25) is 6.04 Å². The van der Waals surface area contributed by atoms with Crippen molar-refractivity contribution in [2.24, 2.45) is 0 Å². The first-order valence-electron chi connectivity index (χ1n) is 14.9. The highest BCUT2D eigenvalue weighted by Gasteiger charge is 2.25. The topological polar surface area (TPSA) is 44.8 Å². The first-order valence-corrected chi connectivity index (χ1v) is 17.0. The SMILES string of the molecule is CCCCCCCC(=O)SCCC[Si]Oc1cc(OCCCC)c(C(C)C)c(OCCCC)c1C(C)C. The second kappa shape index (κ2) is 20.8. The summed E-state index contributed by atoms with van der Waals surface area (Å²) in [6.07, 6.45) is 12.0. The average molecular weight is 551 g/mol. The Balaban J connectivity index is 2.83. The molecule has 2 radical (unpaired) electrons. The van der Waals surface area contributed by atoms with Crippen molar-refractivity contribution in [1.82, 2.24) is 0 Å². The van der Waals surface area contributed by atoms with Crippen LogP contribution >= 0.6 is 11.8 Å². The van der Waals surface area contributed by atoms with E-state index in [-0.39, 0.29) is 5.92 Å². The van der Waals surface area contributed by atoms with E-state index in [9.17, 15) is 4.79 Å². The molecule has 0 fully saturated rings. The lowest BCUT2D eigenvalue weighted by molar-refractivity contribution is -0.111. The van der Waals surface area contributed by atoms with Crippen molar-refractivity contribution in [3.05, 3.63) is 17.2 Å². The van der Waals surface area contributed by atoms with Gasteiger partial charge in [0.15, 0.2) is 5.12 Å². The zero-order valence-electron chi connectivity index (χ0n) is 24.9. The van der Waals surface area contributed by atoms with Gasteiger partial charge in [-0.15, -0.1) is 0 Å². The summed E-state index contributed by atoms with van der Waals surface area (Å²) < 4.78 is 19.1. The Morgan fingerprint density at radius 2 is 1.38 bits per heavy atom. The largest absolute Gasteiger partial charge is 0.540 e. The number of carbonyl (C=O) groups is 1. The Labute approximate surface area is 235 Å². The zero-order chi connectivity index (χ0) is 27.5. The van der Waals surface area contributed by atoms with Crippen LogP contribution in [0, 0.1) is 0 Å². The highest BCUT2D eigenvalue weighted by atomic mass is 32.2. The van der Waals surface area contributed by atoms with Gasteiger partial charge in [0.25, 0.3) is 0 Å². The Morgan fingerprint density at radius 3 is 2.00 bits per heavy atom. The summed E-state index contributed by atoms with van der Waals surface area (Å²) in [7, 11) is 0.356. The molecular formula is C31H54O4SSi. The van der Waals surface area contributed by atoms with Gasteiger partial charge < -0.3 is 13.9 Å². The van der Waals surface area contributed by atoms with Crippen LogP contribution in [0.25, 0.3) is 0 Å². The first-order chi connectivity index (χ1) is 17.9. The molecule has 0 bridgehead atoms. The molecule has 0 saturated heterocycles. The molecule has 0 heterocycles. The lowest BCUT2D eigenvalue weighted by Crippen LogP contribution is -2.12. The summed E-state index contributed by atoms with van der Waals surface area (Å²) in [5, 5.41) is 0.342. The van der Waals surface area contributed by atoms with E-state index >= 15 is 0 Å². The second-order valence-electron chi connectivity index (χ2n) is 10.5. The molecule has 0 aliphatic carbocycles. The third kappa shape index (κ3) is 13.5. The van der Waals surface area contributed by atoms with Gasteiger partial charge in [0.2, 0.25) is 0 Å². The van der Waals surface area contributed by atoms with Crippen molar-refractivity contribution >= 4 is 26.6 Å². The summed E-state index contributed by atoms with van der Waals surface area (Å²) >= 11 is 1.50. The molecule has 0 aliphatic heterocycles. The lowest BCUT2D eigenvalue weighted by Gasteiger charge is -2.26. The van der Waals surface area contributed by atoms with Gasteiger partial charge in [0.1, 0.15) is 17.2 Å². The highest BCUT2D eigenvalue weighted by molar-refractivity contribution is 8.13. The summed E-state index contributed by atoms with van der Waals surface area (Å²) in [5.74, 6) is 4.22. The van der Waals surface area contributed by atoms with Crippen molar-refractivity contribution in [2.45, 2.75) is 137 Å². The van der Waals surface area contributed by atoms with Crippen LogP contribution in [0.4, 0.5) is 0 Å². The molecule has 6 heteroatoms. The smallest absolute Gasteiger partial charge is 0.310 e. The second-order valence-corrected chi connectivity index (χ2v) is 12.6. The molecular weight excluding hydrogens is 496 g/mol. The van der Waals surface area contributed by atoms with Gasteiger partial charge in [-0.25, -0.2) is 0 Å². The molecule has 1 rings (SSSR count). The monoisotopic (exact) mass is 550 g/mol. The molecule has 0 aliphatic rings. The van der Waals surface area contributed by atoms with Gasteiger partial charge in [-0.2, -0.15) is 0 Å². The number of thioether (sulfide) groups is 1. The number of rotatable bonds is 22. The fourth-order valence-electron chi connectivity index (χ4n) is 4.15. The van der Waals surface area contributed by atoms with E-state index in [1.54, 1.807) is 0 Å². The molecule has 0 spiro atoms. The minimum atomic E-state index is 0.282. The Morgan fingerprint density at radius 1 is 0.784 bits per heavy atom. The van der Waals surface area contributed by atoms with Crippen LogP contribution in [0.5, 0.6) is 17.2 Å². The van der Waals surface area contributed by atoms with E-state index in [0.717, 1.165) is 78.7 Å². The molecule has 1 aromatic carbocycles. The zero-order valence-corrected chi connectivity index (χ0v) is 26.7. The molecule has 4 nitrogen and oxygen atoms in total. The van der Waals surface area contributed by atoms with Crippen LogP contribution in [0.1, 0.15) is 142 Å². The third-order valence-corrected chi connectivity index (χ3v) is 8.23. The molecule has 0 aromatic heterocycles. The van der Waals surface area contributed by atoms with Crippen LogP contribution in [-0.4, -0.2) is 33.8 Å². The van der Waals surface area contributed by atoms with Gasteiger partial charge >= 0.3 is 9.76 Å². The summed E-state index contributed by atoms with van der Waals surface area (Å²) in [5.41, 5.74) is 2.32. The maximum Gasteiger partial charge on any atom is 0.310 e. The first kappa shape index (κ1) is 33.9. The average Bonchev–Trinajstić information content (AvgIpc) is 2.85. The summed E-state index contributed by atoms with van der Waals surface area (Å²) in [6, 6.07) is 3.06. The quantitative estimate of drug-likeness (QED) is 0.106. The number of unbranched alkanes of at least 4 members (excludes halogenated alkanes) is 6. The molecule has 37 heavy (non-hydrogen) atoms. The fourth-order valence-corrected chi connectivity index (χ4v) is 5.95. The summed E-state index contributed by atoms with van der Waals surface area (Å²) in [4.78, 5) is 12.1. The molecule has 1 aromatic rings. The van der Waals surface area contributed by atoms with Gasteiger partial charge in [0, 0.05) is 29.4 Å². The predicted octanol–water partition coefficient (Wildman–Crippen LogP) is 9.72. The normalized spacial score (nSPS) is 11.4. The molecule has 0 atom stereocenters. The number of ether oxygens (including phenoxy) is 2. The van der Waals surface area contributed by atoms with Crippen molar-refractivity contribution in [3.63, 3.8) is 0 Å². The number of carbonyl (C=O) groups excluding carboxylic acids is 1. The Kier molecular flexibility index (Phi) is 19.0. The van der Waals surface area contributed by atoms with Gasteiger partial charge in [0.05, 0.1) is 13.2 Å². The molecule has 0 unspecified atom stereocenters. The number of hydrogen-bond acceptors (Lipinski definition) is 5. The van der Waals surface area contributed by atoms with E-state index in [1.807, 2.05) is 0 Å². The van der Waals surface area contributed by atoms with E-state index in [4.69, 9.17) is 13.9 Å². The van der Waals surface area contributed by atoms with E-state index < -0.39 is 0 Å². The maximum atomic E-state index is 12.1. The van der Waals surface area contributed by atoms with Crippen LogP contribution in [0.15, 0.2) is 6.07 Å². The minimum Gasteiger partial charge on any atom is -0.540 e. The standard InChI is InChI=1S/C31H54O4SSi/c1-8-11-14-15-16-18-28(32)36-21-17-22-37-35-27-23-26(33-19-12-9-2)29(24(4)5)31(30(27)25(6)7)34-20-13-10-3/h23-25H,8-22H2,1-7H3. The minimum absolute atomic E-state index is 0.282.